The molecule has 1 aliphatic rings. The fourth-order valence-electron chi connectivity index (χ4n) is 2.92. The van der Waals surface area contributed by atoms with Gasteiger partial charge in [0.15, 0.2) is 0 Å². The predicted molar refractivity (Wildman–Crippen MR) is 99.1 cm³/mol. The molecule has 0 bridgehead atoms. The van der Waals surface area contributed by atoms with Crippen LogP contribution in [0, 0.1) is 0 Å². The molecular weight excluding hydrogens is 356 g/mol. The minimum atomic E-state index is -3.46. The van der Waals surface area contributed by atoms with E-state index in [0.717, 1.165) is 27.9 Å². The molecule has 0 radical (unpaired) electrons. The van der Waals surface area contributed by atoms with E-state index >= 15 is 0 Å². The van der Waals surface area contributed by atoms with Crippen LogP contribution in [0.15, 0.2) is 52.5 Å². The van der Waals surface area contributed by atoms with E-state index in [1.165, 1.54) is 4.41 Å². The molecule has 1 atom stereocenters. The zero-order valence-electron chi connectivity index (χ0n) is 13.5. The molecule has 25 heavy (non-hydrogen) atoms. The number of thiophene rings is 1. The molecule has 128 valence electrons. The number of hydrogen-bond acceptors (Lipinski definition) is 6. The van der Waals surface area contributed by atoms with Crippen LogP contribution in [-0.4, -0.2) is 34.3 Å². The standard InChI is InChI=1S/C17H16N4O2S2/c1-2-25(22,23)21-17(10-15(20-21)13-5-8-24-11-13)12-3-4-14-16(9-12)19-7-6-18-14/h3-9,11,17H,2,10H2,1H3/t17-/m1/s1. The molecule has 0 saturated heterocycles. The molecule has 0 amide bonds. The molecular formula is C17H16N4O2S2. The van der Waals surface area contributed by atoms with Gasteiger partial charge in [0.05, 0.1) is 28.5 Å². The largest absolute Gasteiger partial charge is 0.253 e. The molecule has 0 N–H and O–H groups in total. The Balaban J connectivity index is 1.78. The molecule has 0 fully saturated rings. The smallest absolute Gasteiger partial charge is 0.250 e. The maximum absolute atomic E-state index is 12.6. The number of hydrazone groups is 1. The number of aromatic nitrogens is 2. The van der Waals surface area contributed by atoms with Crippen molar-refractivity contribution < 1.29 is 8.42 Å². The Morgan fingerprint density at radius 2 is 2.00 bits per heavy atom. The van der Waals surface area contributed by atoms with Crippen molar-refractivity contribution in [2.45, 2.75) is 19.4 Å². The predicted octanol–water partition coefficient (Wildman–Crippen LogP) is 3.19. The number of nitrogens with zero attached hydrogens (tertiary/aromatic N) is 4. The average Bonchev–Trinajstić information content (AvgIpc) is 3.31. The molecule has 8 heteroatoms. The number of benzene rings is 1. The minimum Gasteiger partial charge on any atom is -0.253 e. The van der Waals surface area contributed by atoms with Gasteiger partial charge in [-0.15, -0.1) is 0 Å². The van der Waals surface area contributed by atoms with Gasteiger partial charge in [-0.1, -0.05) is 6.07 Å². The van der Waals surface area contributed by atoms with Gasteiger partial charge in [0, 0.05) is 24.4 Å². The third-order valence-electron chi connectivity index (χ3n) is 4.25. The van der Waals surface area contributed by atoms with Crippen molar-refractivity contribution in [1.29, 1.82) is 0 Å². The van der Waals surface area contributed by atoms with Crippen LogP contribution in [0.4, 0.5) is 0 Å². The van der Waals surface area contributed by atoms with E-state index in [1.807, 2.05) is 35.0 Å². The fraction of sp³-hybridized carbons (Fsp3) is 0.235. The highest BCUT2D eigenvalue weighted by molar-refractivity contribution is 7.89. The van der Waals surface area contributed by atoms with Crippen LogP contribution in [0.3, 0.4) is 0 Å². The molecule has 0 unspecified atom stereocenters. The first-order valence-corrected chi connectivity index (χ1v) is 10.5. The summed E-state index contributed by atoms with van der Waals surface area (Å²) in [5.41, 5.74) is 4.18. The minimum absolute atomic E-state index is 0.0112. The summed E-state index contributed by atoms with van der Waals surface area (Å²) < 4.78 is 26.4. The summed E-state index contributed by atoms with van der Waals surface area (Å²) in [5, 5.41) is 8.40. The highest BCUT2D eigenvalue weighted by atomic mass is 32.2. The average molecular weight is 372 g/mol. The van der Waals surface area contributed by atoms with Crippen molar-refractivity contribution in [3.8, 4) is 0 Å². The molecule has 0 saturated carbocycles. The van der Waals surface area contributed by atoms with Gasteiger partial charge in [-0.3, -0.25) is 9.97 Å². The summed E-state index contributed by atoms with van der Waals surface area (Å²) in [6.45, 7) is 1.64. The Bertz CT molecular complexity index is 1050. The topological polar surface area (TPSA) is 75.5 Å². The molecule has 1 aromatic carbocycles. The van der Waals surface area contributed by atoms with Crippen LogP contribution in [0.2, 0.25) is 0 Å². The second-order valence-corrected chi connectivity index (χ2v) is 8.65. The highest BCUT2D eigenvalue weighted by Gasteiger charge is 2.36. The van der Waals surface area contributed by atoms with Crippen LogP contribution in [-0.2, 0) is 10.0 Å². The molecule has 3 aromatic rings. The molecule has 4 rings (SSSR count). The summed E-state index contributed by atoms with van der Waals surface area (Å²) in [5.74, 6) is 0.0112. The van der Waals surface area contributed by atoms with E-state index in [9.17, 15) is 8.42 Å². The maximum Gasteiger partial charge on any atom is 0.250 e. The van der Waals surface area contributed by atoms with Crippen molar-refractivity contribution in [2.24, 2.45) is 5.10 Å². The van der Waals surface area contributed by atoms with Crippen LogP contribution in [0.5, 0.6) is 0 Å². The lowest BCUT2D eigenvalue weighted by molar-refractivity contribution is 0.372. The Morgan fingerprint density at radius 1 is 1.20 bits per heavy atom. The molecule has 0 spiro atoms. The van der Waals surface area contributed by atoms with E-state index in [1.54, 1.807) is 30.7 Å². The molecule has 0 aliphatic carbocycles. The van der Waals surface area contributed by atoms with Crippen LogP contribution in [0.1, 0.15) is 30.5 Å². The molecule has 6 nitrogen and oxygen atoms in total. The van der Waals surface area contributed by atoms with E-state index in [4.69, 9.17) is 0 Å². The number of rotatable bonds is 4. The normalized spacial score (nSPS) is 17.9. The molecule has 2 aromatic heterocycles. The van der Waals surface area contributed by atoms with Crippen LogP contribution < -0.4 is 0 Å². The Kier molecular flexibility index (Phi) is 4.01. The Labute approximate surface area is 149 Å². The third-order valence-corrected chi connectivity index (χ3v) is 6.57. The van der Waals surface area contributed by atoms with Crippen LogP contribution >= 0.6 is 11.3 Å². The van der Waals surface area contributed by atoms with Gasteiger partial charge in [0.25, 0.3) is 0 Å². The number of hydrogen-bond donors (Lipinski definition) is 0. The van der Waals surface area contributed by atoms with Gasteiger partial charge in [0.2, 0.25) is 10.0 Å². The summed E-state index contributed by atoms with van der Waals surface area (Å²) >= 11 is 1.57. The quantitative estimate of drug-likeness (QED) is 0.705. The van der Waals surface area contributed by atoms with Crippen molar-refractivity contribution in [3.63, 3.8) is 0 Å². The van der Waals surface area contributed by atoms with E-state index in [2.05, 4.69) is 15.1 Å². The summed E-state index contributed by atoms with van der Waals surface area (Å²) in [6.07, 6.45) is 3.82. The van der Waals surface area contributed by atoms with Crippen molar-refractivity contribution >= 4 is 38.1 Å². The monoisotopic (exact) mass is 372 g/mol. The number of sulfonamides is 1. The zero-order chi connectivity index (χ0) is 17.4. The van der Waals surface area contributed by atoms with E-state index in [-0.39, 0.29) is 11.8 Å². The highest BCUT2D eigenvalue weighted by Crippen LogP contribution is 2.36. The van der Waals surface area contributed by atoms with Gasteiger partial charge < -0.3 is 0 Å². The SMILES string of the molecule is CCS(=O)(=O)N1N=C(c2ccsc2)C[C@@H]1c1ccc2nccnc2c1. The van der Waals surface area contributed by atoms with Gasteiger partial charge in [-0.05, 0) is 41.4 Å². The van der Waals surface area contributed by atoms with Crippen molar-refractivity contribution in [2.75, 3.05) is 5.75 Å². The Morgan fingerprint density at radius 3 is 2.72 bits per heavy atom. The van der Waals surface area contributed by atoms with Crippen LogP contribution in [0.25, 0.3) is 11.0 Å². The second kappa shape index (κ2) is 6.20. The molecule has 3 heterocycles. The summed E-state index contributed by atoms with van der Waals surface area (Å²) in [7, 11) is -3.46. The number of fused-ring (bicyclic) bond motifs is 1. The first-order chi connectivity index (χ1) is 12.1. The fourth-order valence-corrected chi connectivity index (χ4v) is 4.65. The maximum atomic E-state index is 12.6. The lowest BCUT2D eigenvalue weighted by Gasteiger charge is -2.22. The Hall–Kier alpha value is -2.32. The second-order valence-electron chi connectivity index (χ2n) is 5.76. The van der Waals surface area contributed by atoms with Crippen molar-refractivity contribution in [1.82, 2.24) is 14.4 Å². The first-order valence-electron chi connectivity index (χ1n) is 7.91. The van der Waals surface area contributed by atoms with Gasteiger partial charge in [0.1, 0.15) is 0 Å². The summed E-state index contributed by atoms with van der Waals surface area (Å²) in [4.78, 5) is 8.59. The van der Waals surface area contributed by atoms with E-state index in [0.29, 0.717) is 6.42 Å². The zero-order valence-corrected chi connectivity index (χ0v) is 15.2. The first kappa shape index (κ1) is 16.2. The van der Waals surface area contributed by atoms with Gasteiger partial charge >= 0.3 is 0 Å². The third kappa shape index (κ3) is 2.91. The van der Waals surface area contributed by atoms with Gasteiger partial charge in [-0.2, -0.15) is 20.9 Å². The van der Waals surface area contributed by atoms with Gasteiger partial charge in [-0.25, -0.2) is 8.42 Å². The molecule has 1 aliphatic heterocycles. The lowest BCUT2D eigenvalue weighted by atomic mass is 10.00. The van der Waals surface area contributed by atoms with E-state index < -0.39 is 10.0 Å². The summed E-state index contributed by atoms with van der Waals surface area (Å²) in [6, 6.07) is 7.29. The lowest BCUT2D eigenvalue weighted by Crippen LogP contribution is -2.28. The van der Waals surface area contributed by atoms with Crippen molar-refractivity contribution in [3.05, 3.63) is 58.5 Å².